The van der Waals surface area contributed by atoms with Gasteiger partial charge in [0.2, 0.25) is 0 Å². The van der Waals surface area contributed by atoms with Crippen molar-refractivity contribution in [3.8, 4) is 0 Å². The molecule has 0 bridgehead atoms. The van der Waals surface area contributed by atoms with Crippen molar-refractivity contribution in [2.75, 3.05) is 6.54 Å². The molecule has 2 N–H and O–H groups in total. The zero-order valence-corrected chi connectivity index (χ0v) is 15.3. The zero-order valence-electron chi connectivity index (χ0n) is 15.3. The van der Waals surface area contributed by atoms with Crippen molar-refractivity contribution in [2.45, 2.75) is 45.4 Å². The summed E-state index contributed by atoms with van der Waals surface area (Å²) in [5.41, 5.74) is 1.90. The summed E-state index contributed by atoms with van der Waals surface area (Å²) in [6.07, 6.45) is 0.372. The van der Waals surface area contributed by atoms with Crippen LogP contribution in [-0.2, 0) is 17.7 Å². The van der Waals surface area contributed by atoms with Gasteiger partial charge in [-0.2, -0.15) is 0 Å². The van der Waals surface area contributed by atoms with E-state index in [4.69, 9.17) is 4.74 Å². The fourth-order valence-electron chi connectivity index (χ4n) is 2.53. The highest BCUT2D eigenvalue weighted by Crippen LogP contribution is 2.08. The molecule has 4 heteroatoms. The van der Waals surface area contributed by atoms with E-state index in [9.17, 15) is 4.79 Å². The van der Waals surface area contributed by atoms with Crippen LogP contribution in [0, 0.1) is 0 Å². The van der Waals surface area contributed by atoms with E-state index in [0.717, 1.165) is 13.0 Å². The van der Waals surface area contributed by atoms with E-state index in [0.29, 0.717) is 6.54 Å². The molecule has 0 aliphatic heterocycles. The van der Waals surface area contributed by atoms with Crippen molar-refractivity contribution in [1.29, 1.82) is 0 Å². The van der Waals surface area contributed by atoms with Crippen molar-refractivity contribution in [1.82, 2.24) is 10.6 Å². The first-order valence-corrected chi connectivity index (χ1v) is 8.70. The highest BCUT2D eigenvalue weighted by Gasteiger charge is 2.19. The molecular weight excluding hydrogens is 312 g/mol. The maximum Gasteiger partial charge on any atom is 0.407 e. The maximum absolute atomic E-state index is 12.1. The van der Waals surface area contributed by atoms with Gasteiger partial charge >= 0.3 is 6.09 Å². The summed E-state index contributed by atoms with van der Waals surface area (Å²) in [7, 11) is 0. The summed E-state index contributed by atoms with van der Waals surface area (Å²) in [5.74, 6) is 0. The fourth-order valence-corrected chi connectivity index (χ4v) is 2.53. The minimum Gasteiger partial charge on any atom is -0.444 e. The van der Waals surface area contributed by atoms with Crippen molar-refractivity contribution < 1.29 is 9.53 Å². The molecular formula is C21H28N2O2. The van der Waals surface area contributed by atoms with Crippen molar-refractivity contribution in [3.63, 3.8) is 0 Å². The smallest absolute Gasteiger partial charge is 0.407 e. The van der Waals surface area contributed by atoms with Crippen molar-refractivity contribution in [2.24, 2.45) is 0 Å². The first-order chi connectivity index (χ1) is 11.9. The van der Waals surface area contributed by atoms with E-state index in [2.05, 4.69) is 34.9 Å². The van der Waals surface area contributed by atoms with Crippen LogP contribution in [0.2, 0.25) is 0 Å². The second-order valence-electron chi connectivity index (χ2n) is 7.15. The number of hydrogen-bond donors (Lipinski definition) is 2. The van der Waals surface area contributed by atoms with Crippen LogP contribution < -0.4 is 10.6 Å². The number of carbonyl (C=O) groups is 1. The number of alkyl carbamates (subject to hydrolysis) is 1. The monoisotopic (exact) mass is 340 g/mol. The Kier molecular flexibility index (Phi) is 7.02. The number of rotatable bonds is 7. The lowest BCUT2D eigenvalue weighted by atomic mass is 10.1. The predicted molar refractivity (Wildman–Crippen MR) is 101 cm³/mol. The number of benzene rings is 2. The molecule has 134 valence electrons. The summed E-state index contributed by atoms with van der Waals surface area (Å²) in [5, 5.41) is 6.40. The quantitative estimate of drug-likeness (QED) is 0.803. The molecule has 0 spiro atoms. The maximum atomic E-state index is 12.1. The summed E-state index contributed by atoms with van der Waals surface area (Å²) < 4.78 is 5.39. The minimum absolute atomic E-state index is 0.0408. The molecule has 0 aromatic heterocycles. The van der Waals surface area contributed by atoms with Crippen LogP contribution in [-0.4, -0.2) is 24.3 Å². The molecule has 0 unspecified atom stereocenters. The molecule has 1 atom stereocenters. The van der Waals surface area contributed by atoms with E-state index in [1.807, 2.05) is 57.2 Å². The van der Waals surface area contributed by atoms with Crippen LogP contribution >= 0.6 is 0 Å². The summed E-state index contributed by atoms with van der Waals surface area (Å²) in [6, 6.07) is 20.3. The lowest BCUT2D eigenvalue weighted by molar-refractivity contribution is 0.0504. The van der Waals surface area contributed by atoms with Gasteiger partial charge in [0.15, 0.2) is 0 Å². The lowest BCUT2D eigenvalue weighted by Crippen LogP contribution is -2.45. The number of amides is 1. The van der Waals surface area contributed by atoms with Gasteiger partial charge in [0.25, 0.3) is 0 Å². The highest BCUT2D eigenvalue weighted by atomic mass is 16.6. The number of ether oxygens (including phenoxy) is 1. The van der Waals surface area contributed by atoms with Crippen LogP contribution in [0.25, 0.3) is 0 Å². The molecule has 2 aromatic carbocycles. The topological polar surface area (TPSA) is 50.4 Å². The van der Waals surface area contributed by atoms with Gasteiger partial charge in [-0.25, -0.2) is 4.79 Å². The molecule has 1 amide bonds. The van der Waals surface area contributed by atoms with Crippen LogP contribution in [0.4, 0.5) is 4.79 Å². The van der Waals surface area contributed by atoms with Crippen LogP contribution in [0.15, 0.2) is 60.7 Å². The Morgan fingerprint density at radius 3 is 2.08 bits per heavy atom. The van der Waals surface area contributed by atoms with Crippen molar-refractivity contribution >= 4 is 6.09 Å². The van der Waals surface area contributed by atoms with Gasteiger partial charge in [-0.05, 0) is 38.3 Å². The Morgan fingerprint density at radius 2 is 1.52 bits per heavy atom. The first kappa shape index (κ1) is 19.0. The van der Waals surface area contributed by atoms with E-state index in [-0.39, 0.29) is 12.1 Å². The van der Waals surface area contributed by atoms with Crippen molar-refractivity contribution in [3.05, 3.63) is 71.8 Å². The largest absolute Gasteiger partial charge is 0.444 e. The molecule has 4 nitrogen and oxygen atoms in total. The second kappa shape index (κ2) is 9.23. The standard InChI is InChI=1S/C21H28N2O2/c1-21(2,3)25-20(24)23-19(14-17-10-6-4-7-11-17)16-22-15-18-12-8-5-9-13-18/h4-13,19,22H,14-16H2,1-3H3,(H,23,24)/t19-/m1/s1. The molecule has 0 radical (unpaired) electrons. The molecule has 0 saturated carbocycles. The molecule has 0 heterocycles. The number of carbonyl (C=O) groups excluding carboxylic acids is 1. The number of nitrogens with one attached hydrogen (secondary N) is 2. The molecule has 25 heavy (non-hydrogen) atoms. The van der Waals surface area contributed by atoms with Gasteiger partial charge in [-0.3, -0.25) is 0 Å². The Bertz CT molecular complexity index is 636. The molecule has 2 aromatic rings. The Balaban J connectivity index is 1.92. The molecule has 0 fully saturated rings. The SMILES string of the molecule is CC(C)(C)OC(=O)N[C@@H](CNCc1ccccc1)Cc1ccccc1. The van der Waals surface area contributed by atoms with Gasteiger partial charge in [0.05, 0.1) is 0 Å². The van der Waals surface area contributed by atoms with E-state index < -0.39 is 5.60 Å². The third-order valence-corrected chi connectivity index (χ3v) is 3.61. The average Bonchev–Trinajstić information content (AvgIpc) is 2.55. The third kappa shape index (κ3) is 7.86. The van der Waals surface area contributed by atoms with Gasteiger partial charge in [-0.1, -0.05) is 60.7 Å². The van der Waals surface area contributed by atoms with E-state index in [1.165, 1.54) is 11.1 Å². The van der Waals surface area contributed by atoms with Gasteiger partial charge in [0.1, 0.15) is 5.60 Å². The summed E-state index contributed by atoms with van der Waals surface area (Å²) in [6.45, 7) is 7.04. The van der Waals surface area contributed by atoms with E-state index >= 15 is 0 Å². The fraction of sp³-hybridized carbons (Fsp3) is 0.381. The Morgan fingerprint density at radius 1 is 0.960 bits per heavy atom. The van der Waals surface area contributed by atoms with Crippen LogP contribution in [0.1, 0.15) is 31.9 Å². The number of hydrogen-bond acceptors (Lipinski definition) is 3. The highest BCUT2D eigenvalue weighted by molar-refractivity contribution is 5.68. The van der Waals surface area contributed by atoms with Crippen LogP contribution in [0.5, 0.6) is 0 Å². The molecule has 2 rings (SSSR count). The lowest BCUT2D eigenvalue weighted by Gasteiger charge is -2.24. The Hall–Kier alpha value is -2.33. The van der Waals surface area contributed by atoms with Gasteiger partial charge in [-0.15, -0.1) is 0 Å². The zero-order chi connectivity index (χ0) is 18.1. The Labute approximate surface area is 150 Å². The third-order valence-electron chi connectivity index (χ3n) is 3.61. The summed E-state index contributed by atoms with van der Waals surface area (Å²) >= 11 is 0. The van der Waals surface area contributed by atoms with Gasteiger partial charge in [0, 0.05) is 19.1 Å². The normalized spacial score (nSPS) is 12.4. The molecule has 0 aliphatic rings. The average molecular weight is 340 g/mol. The molecule has 0 saturated heterocycles. The second-order valence-corrected chi connectivity index (χ2v) is 7.15. The predicted octanol–water partition coefficient (Wildman–Crippen LogP) is 3.91. The van der Waals surface area contributed by atoms with E-state index in [1.54, 1.807) is 0 Å². The minimum atomic E-state index is -0.501. The molecule has 0 aliphatic carbocycles. The van der Waals surface area contributed by atoms with Gasteiger partial charge < -0.3 is 15.4 Å². The first-order valence-electron chi connectivity index (χ1n) is 8.70. The summed E-state index contributed by atoms with van der Waals surface area (Å²) in [4.78, 5) is 12.1. The van der Waals surface area contributed by atoms with Crippen LogP contribution in [0.3, 0.4) is 0 Å².